The van der Waals surface area contributed by atoms with Gasteiger partial charge in [-0.2, -0.15) is 0 Å². The Labute approximate surface area is 206 Å². The van der Waals surface area contributed by atoms with Gasteiger partial charge in [-0.05, 0) is 49.1 Å². The number of benzene rings is 2. The number of aryl methyl sites for hydroxylation is 2. The van der Waals surface area contributed by atoms with Crippen LogP contribution in [-0.4, -0.2) is 43.1 Å². The summed E-state index contributed by atoms with van der Waals surface area (Å²) >= 11 is 0. The summed E-state index contributed by atoms with van der Waals surface area (Å²) in [4.78, 5) is 20.1. The highest BCUT2D eigenvalue weighted by Gasteiger charge is 2.17. The molecule has 2 aromatic heterocycles. The van der Waals surface area contributed by atoms with E-state index in [1.54, 1.807) is 38.5 Å². The number of fused-ring (bicyclic) bond motifs is 1. The summed E-state index contributed by atoms with van der Waals surface area (Å²) in [6.45, 7) is 2.99. The number of nitrogens with zero attached hydrogens (tertiary/aromatic N) is 3. The van der Waals surface area contributed by atoms with Crippen LogP contribution in [0.3, 0.4) is 0 Å². The molecule has 0 aliphatic heterocycles. The van der Waals surface area contributed by atoms with Crippen LogP contribution in [0.15, 0.2) is 66.9 Å². The zero-order valence-electron chi connectivity index (χ0n) is 20.7. The van der Waals surface area contributed by atoms with Crippen LogP contribution >= 0.6 is 0 Å². The Bertz CT molecular complexity index is 1300. The van der Waals surface area contributed by atoms with Crippen LogP contribution in [0.25, 0.3) is 5.65 Å². The van der Waals surface area contributed by atoms with Gasteiger partial charge in [0.2, 0.25) is 0 Å². The van der Waals surface area contributed by atoms with Crippen molar-refractivity contribution in [3.63, 3.8) is 0 Å². The van der Waals surface area contributed by atoms with Crippen molar-refractivity contribution in [2.24, 2.45) is 0 Å². The van der Waals surface area contributed by atoms with Crippen molar-refractivity contribution >= 4 is 23.1 Å². The summed E-state index contributed by atoms with van der Waals surface area (Å²) in [7, 11) is 5.24. The number of hydrogen-bond acceptors (Lipinski definition) is 5. The van der Waals surface area contributed by atoms with Crippen LogP contribution in [0.5, 0.6) is 11.5 Å². The summed E-state index contributed by atoms with van der Waals surface area (Å²) in [6.07, 6.45) is 4.71. The Balaban J connectivity index is 1.54. The van der Waals surface area contributed by atoms with Gasteiger partial charge in [0, 0.05) is 31.5 Å². The van der Waals surface area contributed by atoms with Crippen LogP contribution in [0.1, 0.15) is 35.0 Å². The average Bonchev–Trinajstić information content (AvgIpc) is 3.27. The molecule has 35 heavy (non-hydrogen) atoms. The van der Waals surface area contributed by atoms with Gasteiger partial charge in [-0.25, -0.2) is 4.98 Å². The topological polar surface area (TPSA) is 68.1 Å². The molecule has 0 saturated heterocycles. The fraction of sp³-hybridized carbons (Fsp3) is 0.286. The molecule has 0 unspecified atom stereocenters. The summed E-state index contributed by atoms with van der Waals surface area (Å²) < 4.78 is 12.6. The predicted octanol–water partition coefficient (Wildman–Crippen LogP) is 5.24. The number of amides is 1. The average molecular weight is 473 g/mol. The van der Waals surface area contributed by atoms with E-state index in [4.69, 9.17) is 14.5 Å². The van der Waals surface area contributed by atoms with Crippen molar-refractivity contribution in [2.45, 2.75) is 26.2 Å². The molecule has 4 aromatic rings. The Hall–Kier alpha value is -4.00. The van der Waals surface area contributed by atoms with Crippen molar-refractivity contribution < 1.29 is 14.3 Å². The first kappa shape index (κ1) is 24.1. The minimum absolute atomic E-state index is 0.205. The van der Waals surface area contributed by atoms with E-state index in [1.165, 1.54) is 5.56 Å². The number of nitrogens with one attached hydrogen (secondary N) is 1. The lowest BCUT2D eigenvalue weighted by molar-refractivity contribution is 0.102. The van der Waals surface area contributed by atoms with Gasteiger partial charge in [-0.3, -0.25) is 9.20 Å². The van der Waals surface area contributed by atoms with Crippen LogP contribution in [0.4, 0.5) is 11.5 Å². The molecule has 0 radical (unpaired) electrons. The molecule has 0 fully saturated rings. The number of ether oxygens (including phenoxy) is 2. The third-order valence-electron chi connectivity index (χ3n) is 6.06. The van der Waals surface area contributed by atoms with E-state index in [9.17, 15) is 4.79 Å². The molecule has 1 amide bonds. The SMILES string of the molecule is CCc1nc2ccc(C(=O)Nc3ccc(OC)c(OC)c3)cn2c1N(C)CCCc1ccccc1. The van der Waals surface area contributed by atoms with E-state index in [-0.39, 0.29) is 5.91 Å². The van der Waals surface area contributed by atoms with Gasteiger partial charge in [-0.1, -0.05) is 37.3 Å². The summed E-state index contributed by atoms with van der Waals surface area (Å²) in [5.74, 6) is 1.99. The summed E-state index contributed by atoms with van der Waals surface area (Å²) in [5.41, 5.74) is 4.36. The van der Waals surface area contributed by atoms with E-state index < -0.39 is 0 Å². The number of methoxy groups -OCH3 is 2. The number of pyridine rings is 1. The molecule has 2 aromatic carbocycles. The smallest absolute Gasteiger partial charge is 0.257 e. The van der Waals surface area contributed by atoms with Crippen LogP contribution in [0.2, 0.25) is 0 Å². The first-order valence-electron chi connectivity index (χ1n) is 11.8. The summed E-state index contributed by atoms with van der Waals surface area (Å²) in [5, 5.41) is 2.95. The van der Waals surface area contributed by atoms with E-state index in [2.05, 4.69) is 48.5 Å². The van der Waals surface area contributed by atoms with Gasteiger partial charge in [0.1, 0.15) is 11.5 Å². The number of rotatable bonds is 10. The number of aromatic nitrogens is 2. The maximum atomic E-state index is 13.1. The van der Waals surface area contributed by atoms with Gasteiger partial charge in [0.25, 0.3) is 5.91 Å². The molecule has 0 saturated carbocycles. The van der Waals surface area contributed by atoms with Crippen LogP contribution in [-0.2, 0) is 12.8 Å². The number of anilines is 2. The molecular weight excluding hydrogens is 440 g/mol. The first-order valence-corrected chi connectivity index (χ1v) is 11.8. The van der Waals surface area contributed by atoms with Gasteiger partial charge in [0.05, 0.1) is 25.5 Å². The maximum Gasteiger partial charge on any atom is 0.257 e. The molecule has 0 spiro atoms. The fourth-order valence-corrected chi connectivity index (χ4v) is 4.24. The minimum Gasteiger partial charge on any atom is -0.493 e. The van der Waals surface area contributed by atoms with Crippen molar-refractivity contribution in [1.29, 1.82) is 0 Å². The number of carbonyl (C=O) groups is 1. The van der Waals surface area contributed by atoms with Gasteiger partial charge < -0.3 is 19.7 Å². The molecular formula is C28H32N4O3. The second-order valence-corrected chi connectivity index (χ2v) is 8.42. The highest BCUT2D eigenvalue weighted by Crippen LogP contribution is 2.30. The van der Waals surface area contributed by atoms with Gasteiger partial charge in [0.15, 0.2) is 11.5 Å². The standard InChI is InChI=1S/C28H32N4O3/c1-5-23-28(31(2)17-9-12-20-10-7-6-8-11-20)32-19-21(13-16-26(32)30-23)27(33)29-22-14-15-24(34-3)25(18-22)35-4/h6-8,10-11,13-16,18-19H,5,9,12,17H2,1-4H3,(H,29,33). The predicted molar refractivity (Wildman–Crippen MR) is 140 cm³/mol. The monoisotopic (exact) mass is 472 g/mol. The van der Waals surface area contributed by atoms with E-state index in [0.29, 0.717) is 22.7 Å². The molecule has 7 nitrogen and oxygen atoms in total. The zero-order valence-corrected chi connectivity index (χ0v) is 20.7. The third-order valence-corrected chi connectivity index (χ3v) is 6.06. The van der Waals surface area contributed by atoms with Crippen molar-refractivity contribution in [3.05, 3.63) is 83.7 Å². The second-order valence-electron chi connectivity index (χ2n) is 8.42. The lowest BCUT2D eigenvalue weighted by atomic mass is 10.1. The zero-order chi connectivity index (χ0) is 24.8. The van der Waals surface area contributed by atoms with E-state index in [0.717, 1.165) is 43.0 Å². The number of carbonyl (C=O) groups excluding carboxylic acids is 1. The van der Waals surface area contributed by atoms with Gasteiger partial charge >= 0.3 is 0 Å². The third kappa shape index (κ3) is 5.40. The second kappa shape index (κ2) is 11.0. The quantitative estimate of drug-likeness (QED) is 0.342. The Morgan fingerprint density at radius 2 is 1.80 bits per heavy atom. The summed E-state index contributed by atoms with van der Waals surface area (Å²) in [6, 6.07) is 19.5. The number of hydrogen-bond donors (Lipinski definition) is 1. The molecule has 0 atom stereocenters. The van der Waals surface area contributed by atoms with Crippen LogP contribution in [0, 0.1) is 0 Å². The van der Waals surface area contributed by atoms with Crippen molar-refractivity contribution in [3.8, 4) is 11.5 Å². The molecule has 2 heterocycles. The molecule has 7 heteroatoms. The molecule has 182 valence electrons. The lowest BCUT2D eigenvalue weighted by Crippen LogP contribution is -2.22. The lowest BCUT2D eigenvalue weighted by Gasteiger charge is -2.20. The highest BCUT2D eigenvalue weighted by molar-refractivity contribution is 6.04. The molecule has 4 rings (SSSR count). The van der Waals surface area contributed by atoms with Crippen LogP contribution < -0.4 is 19.7 Å². The Kier molecular flexibility index (Phi) is 7.55. The number of imidazole rings is 1. The highest BCUT2D eigenvalue weighted by atomic mass is 16.5. The molecule has 0 bridgehead atoms. The largest absolute Gasteiger partial charge is 0.493 e. The van der Waals surface area contributed by atoms with Crippen molar-refractivity contribution in [2.75, 3.05) is 38.0 Å². The Morgan fingerprint density at radius 1 is 1.03 bits per heavy atom. The first-order chi connectivity index (χ1) is 17.0. The van der Waals surface area contributed by atoms with Gasteiger partial charge in [-0.15, -0.1) is 0 Å². The molecule has 0 aliphatic rings. The van der Waals surface area contributed by atoms with E-state index in [1.807, 2.05) is 22.7 Å². The molecule has 0 aliphatic carbocycles. The van der Waals surface area contributed by atoms with E-state index >= 15 is 0 Å². The molecule has 1 N–H and O–H groups in total. The maximum absolute atomic E-state index is 13.1. The normalized spacial score (nSPS) is 10.9. The Morgan fingerprint density at radius 3 is 2.51 bits per heavy atom. The van der Waals surface area contributed by atoms with Crippen molar-refractivity contribution in [1.82, 2.24) is 9.38 Å². The fourth-order valence-electron chi connectivity index (χ4n) is 4.24. The minimum atomic E-state index is -0.205.